The first-order valence-corrected chi connectivity index (χ1v) is 11.3. The zero-order chi connectivity index (χ0) is 18.5. The molecular weight excluding hydrogens is 409 g/mol. The van der Waals surface area contributed by atoms with E-state index >= 15 is 0 Å². The van der Waals surface area contributed by atoms with Crippen molar-refractivity contribution in [2.24, 2.45) is 0 Å². The summed E-state index contributed by atoms with van der Waals surface area (Å²) in [7, 11) is -5.26. The monoisotopic (exact) mass is 443 g/mol. The second-order valence-electron chi connectivity index (χ2n) is 5.65. The number of hydrogen-bond donors (Lipinski definition) is 0. The number of rotatable bonds is 16. The third-order valence-electron chi connectivity index (χ3n) is 3.39. The first kappa shape index (κ1) is 30.3. The summed E-state index contributed by atoms with van der Waals surface area (Å²) in [5.74, 6) is 0. The SMILES string of the molecule is CCCCCCCCO[P+](=O)[O-].CCCCCCCCO[P+](=O)[O-].[Co+2]. The second kappa shape index (κ2) is 26.8. The maximum absolute atomic E-state index is 9.95. The molecule has 0 aliphatic heterocycles. The van der Waals surface area contributed by atoms with Crippen molar-refractivity contribution >= 4 is 16.5 Å². The topological polar surface area (TPSA) is 98.7 Å². The molecule has 1 radical (unpaired) electrons. The van der Waals surface area contributed by atoms with Gasteiger partial charge < -0.3 is 9.79 Å². The Bertz CT molecular complexity index is 268. The Labute approximate surface area is 165 Å². The fraction of sp³-hybridized carbons (Fsp3) is 1.00. The molecule has 0 aromatic heterocycles. The van der Waals surface area contributed by atoms with Gasteiger partial charge in [-0.05, 0) is 22.0 Å². The van der Waals surface area contributed by atoms with E-state index in [2.05, 4.69) is 22.9 Å². The molecule has 0 heterocycles. The molecular formula is C16H34CoO6P2+2. The van der Waals surface area contributed by atoms with Crippen LogP contribution >= 0.6 is 16.5 Å². The van der Waals surface area contributed by atoms with Crippen LogP contribution in [0.5, 0.6) is 0 Å². The molecule has 0 amide bonds. The van der Waals surface area contributed by atoms with Gasteiger partial charge in [0.2, 0.25) is 0 Å². The van der Waals surface area contributed by atoms with E-state index in [1.807, 2.05) is 0 Å². The van der Waals surface area contributed by atoms with Crippen LogP contribution in [-0.2, 0) is 35.0 Å². The van der Waals surface area contributed by atoms with Gasteiger partial charge in [-0.25, -0.2) is 0 Å². The Balaban J connectivity index is -0.000000372. The van der Waals surface area contributed by atoms with Gasteiger partial charge in [0.15, 0.2) is 0 Å². The molecule has 0 aliphatic rings. The molecule has 0 spiro atoms. The summed E-state index contributed by atoms with van der Waals surface area (Å²) in [6.07, 6.45) is 13.8. The van der Waals surface area contributed by atoms with Crippen molar-refractivity contribution in [1.82, 2.24) is 0 Å². The van der Waals surface area contributed by atoms with Crippen LogP contribution in [0.3, 0.4) is 0 Å². The second-order valence-corrected chi connectivity index (χ2v) is 7.06. The smallest absolute Gasteiger partial charge is 0.566 e. The van der Waals surface area contributed by atoms with Crippen LogP contribution in [0.25, 0.3) is 0 Å². The van der Waals surface area contributed by atoms with E-state index in [-0.39, 0.29) is 16.8 Å². The van der Waals surface area contributed by atoms with E-state index in [4.69, 9.17) is 0 Å². The van der Waals surface area contributed by atoms with Crippen molar-refractivity contribution in [3.8, 4) is 0 Å². The van der Waals surface area contributed by atoms with Crippen molar-refractivity contribution in [3.05, 3.63) is 0 Å². The summed E-state index contributed by atoms with van der Waals surface area (Å²) in [5.41, 5.74) is 0. The summed E-state index contributed by atoms with van der Waals surface area (Å²) in [5, 5.41) is 0. The number of hydrogen-bond acceptors (Lipinski definition) is 6. The standard InChI is InChI=1S/2C8H17O3P.Co/c2*1-2-3-4-5-6-7-8-11-12(9)10;/h2*2-8H2,1H3;/q;;+2. The summed E-state index contributed by atoms with van der Waals surface area (Å²) in [6, 6.07) is 0. The predicted molar refractivity (Wildman–Crippen MR) is 93.9 cm³/mol. The number of unbranched alkanes of at least 4 members (excludes halogenated alkanes) is 10. The van der Waals surface area contributed by atoms with Gasteiger partial charge in [0.25, 0.3) is 0 Å². The zero-order valence-corrected chi connectivity index (χ0v) is 18.4. The summed E-state index contributed by atoms with van der Waals surface area (Å²) < 4.78 is 28.7. The fourth-order valence-corrected chi connectivity index (χ4v) is 2.60. The van der Waals surface area contributed by atoms with E-state index < -0.39 is 16.5 Å². The van der Waals surface area contributed by atoms with Crippen molar-refractivity contribution in [2.75, 3.05) is 13.2 Å². The Morgan fingerprint density at radius 2 is 0.880 bits per heavy atom. The normalized spacial score (nSPS) is 11.2. The van der Waals surface area contributed by atoms with Crippen LogP contribution < -0.4 is 9.79 Å². The van der Waals surface area contributed by atoms with Crippen LogP contribution in [0.4, 0.5) is 0 Å². The van der Waals surface area contributed by atoms with Crippen LogP contribution in [0, 0.1) is 0 Å². The minimum absolute atomic E-state index is 0. The minimum atomic E-state index is -2.63. The molecule has 0 rings (SSSR count). The maximum atomic E-state index is 9.95. The van der Waals surface area contributed by atoms with Crippen LogP contribution in [0.1, 0.15) is 90.9 Å². The van der Waals surface area contributed by atoms with E-state index in [9.17, 15) is 18.9 Å². The molecule has 0 saturated heterocycles. The molecule has 0 aromatic rings. The average Bonchev–Trinajstić information content (AvgIpc) is 2.53. The average molecular weight is 443 g/mol. The summed E-state index contributed by atoms with van der Waals surface area (Å²) in [6.45, 7) is 5.05. The zero-order valence-electron chi connectivity index (χ0n) is 15.6. The van der Waals surface area contributed by atoms with Gasteiger partial charge in [-0.2, -0.15) is 0 Å². The van der Waals surface area contributed by atoms with Gasteiger partial charge in [-0.3, -0.25) is 0 Å². The van der Waals surface area contributed by atoms with Crippen molar-refractivity contribution in [1.29, 1.82) is 0 Å². The van der Waals surface area contributed by atoms with E-state index in [1.54, 1.807) is 0 Å². The van der Waals surface area contributed by atoms with Gasteiger partial charge in [-0.15, -0.1) is 9.05 Å². The molecule has 9 heteroatoms. The Hall–Kier alpha value is 0.546. The Morgan fingerprint density at radius 3 is 1.16 bits per heavy atom. The van der Waals surface area contributed by atoms with Gasteiger partial charge in [0.1, 0.15) is 13.2 Å². The fourth-order valence-electron chi connectivity index (χ4n) is 2.04. The minimum Gasteiger partial charge on any atom is -0.566 e. The molecule has 0 N–H and O–H groups in total. The van der Waals surface area contributed by atoms with Crippen LogP contribution in [0.15, 0.2) is 0 Å². The molecule has 0 bridgehead atoms. The molecule has 2 atom stereocenters. The molecule has 2 unspecified atom stereocenters. The van der Waals surface area contributed by atoms with Crippen LogP contribution in [0.2, 0.25) is 0 Å². The first-order valence-electron chi connectivity index (χ1n) is 9.09. The van der Waals surface area contributed by atoms with E-state index in [0.29, 0.717) is 13.2 Å². The van der Waals surface area contributed by atoms with Gasteiger partial charge in [0, 0.05) is 0 Å². The van der Waals surface area contributed by atoms with Crippen molar-refractivity contribution < 1.29 is 44.7 Å². The molecule has 151 valence electrons. The van der Waals surface area contributed by atoms with Crippen molar-refractivity contribution in [3.63, 3.8) is 0 Å². The largest absolute Gasteiger partial charge is 2.00 e. The predicted octanol–water partition coefficient (Wildman–Crippen LogP) is 4.76. The Morgan fingerprint density at radius 1 is 0.600 bits per heavy atom. The first-order chi connectivity index (χ1) is 11.5. The summed E-state index contributed by atoms with van der Waals surface area (Å²) >= 11 is 0. The Kier molecular flexibility index (Phi) is 32.4. The molecule has 6 nitrogen and oxygen atoms in total. The van der Waals surface area contributed by atoms with Gasteiger partial charge in [-0.1, -0.05) is 78.1 Å². The molecule has 0 fully saturated rings. The van der Waals surface area contributed by atoms with E-state index in [1.165, 1.54) is 51.4 Å². The summed E-state index contributed by atoms with van der Waals surface area (Å²) in [4.78, 5) is 19.9. The van der Waals surface area contributed by atoms with Crippen LogP contribution in [-0.4, -0.2) is 13.2 Å². The third-order valence-corrected chi connectivity index (χ3v) is 4.18. The molecule has 25 heavy (non-hydrogen) atoms. The van der Waals surface area contributed by atoms with E-state index in [0.717, 1.165) is 25.7 Å². The maximum Gasteiger partial charge on any atom is 2.00 e. The molecule has 0 saturated carbocycles. The molecule has 0 aromatic carbocycles. The van der Waals surface area contributed by atoms with Gasteiger partial charge in [0.05, 0.1) is 0 Å². The van der Waals surface area contributed by atoms with Crippen molar-refractivity contribution in [2.45, 2.75) is 90.9 Å². The third kappa shape index (κ3) is 36.3. The quantitative estimate of drug-likeness (QED) is 0.252. The molecule has 0 aliphatic carbocycles. The van der Waals surface area contributed by atoms with Gasteiger partial charge >= 0.3 is 33.3 Å².